The van der Waals surface area contributed by atoms with E-state index in [-0.39, 0.29) is 0 Å². The van der Waals surface area contributed by atoms with Gasteiger partial charge in [0.05, 0.1) is 0 Å². The summed E-state index contributed by atoms with van der Waals surface area (Å²) in [6, 6.07) is 8.26. The van der Waals surface area contributed by atoms with Gasteiger partial charge in [-0.15, -0.1) is 0 Å². The van der Waals surface area contributed by atoms with Crippen LogP contribution in [0, 0.1) is 6.92 Å². The molecule has 0 aliphatic carbocycles. The SMILES string of the molecule is C/C(N)=C\c1cccc(C)c1. The van der Waals surface area contributed by atoms with Crippen LogP contribution in [0.4, 0.5) is 0 Å². The van der Waals surface area contributed by atoms with Gasteiger partial charge in [-0.05, 0) is 25.5 Å². The lowest BCUT2D eigenvalue weighted by molar-refractivity contribution is 1.34. The molecule has 0 amide bonds. The highest BCUT2D eigenvalue weighted by Crippen LogP contribution is 2.06. The second-order valence-corrected chi connectivity index (χ2v) is 2.80. The van der Waals surface area contributed by atoms with Gasteiger partial charge >= 0.3 is 0 Å². The first-order valence-corrected chi connectivity index (χ1v) is 3.69. The molecule has 0 unspecified atom stereocenters. The Kier molecular flexibility index (Phi) is 2.32. The minimum absolute atomic E-state index is 0.843. The zero-order valence-corrected chi connectivity index (χ0v) is 6.96. The van der Waals surface area contributed by atoms with Gasteiger partial charge in [0, 0.05) is 5.70 Å². The summed E-state index contributed by atoms with van der Waals surface area (Å²) in [6.07, 6.45) is 1.97. The van der Waals surface area contributed by atoms with Gasteiger partial charge in [0.25, 0.3) is 0 Å². The monoisotopic (exact) mass is 147 g/mol. The zero-order valence-electron chi connectivity index (χ0n) is 6.96. The molecule has 1 nitrogen and oxygen atoms in total. The summed E-state index contributed by atoms with van der Waals surface area (Å²) in [5.74, 6) is 0. The van der Waals surface area contributed by atoms with Crippen molar-refractivity contribution >= 4 is 6.08 Å². The van der Waals surface area contributed by atoms with E-state index in [2.05, 4.69) is 19.1 Å². The van der Waals surface area contributed by atoms with E-state index >= 15 is 0 Å². The van der Waals surface area contributed by atoms with E-state index in [0.29, 0.717) is 0 Å². The van der Waals surface area contributed by atoms with Crippen LogP contribution in [-0.4, -0.2) is 0 Å². The number of rotatable bonds is 1. The number of aryl methyl sites for hydroxylation is 1. The maximum atomic E-state index is 5.54. The van der Waals surface area contributed by atoms with E-state index in [4.69, 9.17) is 5.73 Å². The maximum Gasteiger partial charge on any atom is 0.00548 e. The summed E-state index contributed by atoms with van der Waals surface area (Å²) < 4.78 is 0. The highest BCUT2D eigenvalue weighted by Gasteiger charge is 1.87. The molecule has 0 aromatic heterocycles. The van der Waals surface area contributed by atoms with Crippen molar-refractivity contribution in [1.29, 1.82) is 0 Å². The smallest absolute Gasteiger partial charge is 0.00548 e. The molecule has 0 spiro atoms. The van der Waals surface area contributed by atoms with Crippen LogP contribution in [0.2, 0.25) is 0 Å². The van der Waals surface area contributed by atoms with Gasteiger partial charge < -0.3 is 5.73 Å². The first kappa shape index (κ1) is 7.86. The van der Waals surface area contributed by atoms with Crippen LogP contribution in [0.15, 0.2) is 30.0 Å². The predicted molar refractivity (Wildman–Crippen MR) is 49.0 cm³/mol. The maximum absolute atomic E-state index is 5.54. The topological polar surface area (TPSA) is 26.0 Å². The molecule has 0 bridgehead atoms. The van der Waals surface area contributed by atoms with E-state index < -0.39 is 0 Å². The number of nitrogens with two attached hydrogens (primary N) is 1. The minimum atomic E-state index is 0.843. The van der Waals surface area contributed by atoms with Crippen molar-refractivity contribution in [3.63, 3.8) is 0 Å². The summed E-state index contributed by atoms with van der Waals surface area (Å²) in [4.78, 5) is 0. The molecule has 2 N–H and O–H groups in total. The summed E-state index contributed by atoms with van der Waals surface area (Å²) in [5.41, 5.74) is 8.81. The van der Waals surface area contributed by atoms with Crippen LogP contribution in [0.3, 0.4) is 0 Å². The van der Waals surface area contributed by atoms with Crippen molar-refractivity contribution in [1.82, 2.24) is 0 Å². The fraction of sp³-hybridized carbons (Fsp3) is 0.200. The lowest BCUT2D eigenvalue weighted by atomic mass is 10.1. The Balaban J connectivity index is 2.97. The van der Waals surface area contributed by atoms with Gasteiger partial charge in [0.1, 0.15) is 0 Å². The largest absolute Gasteiger partial charge is 0.402 e. The molecule has 0 aliphatic rings. The van der Waals surface area contributed by atoms with E-state index in [1.54, 1.807) is 0 Å². The van der Waals surface area contributed by atoms with Crippen molar-refractivity contribution in [3.05, 3.63) is 41.1 Å². The van der Waals surface area contributed by atoms with Gasteiger partial charge in [-0.1, -0.05) is 29.8 Å². The molecule has 0 saturated carbocycles. The van der Waals surface area contributed by atoms with Gasteiger partial charge in [0.15, 0.2) is 0 Å². The molecular formula is C10H13N. The lowest BCUT2D eigenvalue weighted by Gasteiger charge is -1.95. The van der Waals surface area contributed by atoms with Crippen LogP contribution in [0.1, 0.15) is 18.1 Å². The third-order valence-electron chi connectivity index (χ3n) is 1.44. The number of allylic oxidation sites excluding steroid dienone is 1. The minimum Gasteiger partial charge on any atom is -0.402 e. The molecule has 1 heteroatoms. The average molecular weight is 147 g/mol. The van der Waals surface area contributed by atoms with Crippen LogP contribution in [0.25, 0.3) is 6.08 Å². The van der Waals surface area contributed by atoms with Gasteiger partial charge in [-0.25, -0.2) is 0 Å². The second-order valence-electron chi connectivity index (χ2n) is 2.80. The van der Waals surface area contributed by atoms with Crippen molar-refractivity contribution in [2.45, 2.75) is 13.8 Å². The van der Waals surface area contributed by atoms with Gasteiger partial charge in [0.2, 0.25) is 0 Å². The van der Waals surface area contributed by atoms with Crippen molar-refractivity contribution in [2.75, 3.05) is 0 Å². The molecular weight excluding hydrogens is 134 g/mol. The molecule has 11 heavy (non-hydrogen) atoms. The van der Waals surface area contributed by atoms with Crippen LogP contribution in [-0.2, 0) is 0 Å². The number of hydrogen-bond donors (Lipinski definition) is 1. The molecule has 0 radical (unpaired) electrons. The quantitative estimate of drug-likeness (QED) is 0.648. The Bertz CT molecular complexity index is 270. The predicted octanol–water partition coefficient (Wildman–Crippen LogP) is 2.31. The Morgan fingerprint density at radius 2 is 2.18 bits per heavy atom. The molecule has 1 rings (SSSR count). The Labute approximate surface area is 67.5 Å². The summed E-state index contributed by atoms with van der Waals surface area (Å²) >= 11 is 0. The highest BCUT2D eigenvalue weighted by molar-refractivity contribution is 5.52. The Morgan fingerprint density at radius 3 is 2.73 bits per heavy atom. The molecule has 0 atom stereocenters. The zero-order chi connectivity index (χ0) is 8.27. The van der Waals surface area contributed by atoms with E-state index in [9.17, 15) is 0 Å². The Hall–Kier alpha value is -1.24. The van der Waals surface area contributed by atoms with E-state index in [1.165, 1.54) is 11.1 Å². The molecule has 0 aliphatic heterocycles. The third-order valence-corrected chi connectivity index (χ3v) is 1.44. The first-order valence-electron chi connectivity index (χ1n) is 3.69. The molecule has 0 saturated heterocycles. The Morgan fingerprint density at radius 1 is 1.45 bits per heavy atom. The van der Waals surface area contributed by atoms with Crippen LogP contribution >= 0.6 is 0 Å². The summed E-state index contributed by atoms with van der Waals surface area (Å²) in [7, 11) is 0. The average Bonchev–Trinajstić information content (AvgIpc) is 1.85. The summed E-state index contributed by atoms with van der Waals surface area (Å²) in [5, 5.41) is 0. The second kappa shape index (κ2) is 3.24. The summed E-state index contributed by atoms with van der Waals surface area (Å²) in [6.45, 7) is 3.96. The normalized spacial score (nSPS) is 11.6. The highest BCUT2D eigenvalue weighted by atomic mass is 14.5. The van der Waals surface area contributed by atoms with Gasteiger partial charge in [-0.3, -0.25) is 0 Å². The van der Waals surface area contributed by atoms with Gasteiger partial charge in [-0.2, -0.15) is 0 Å². The van der Waals surface area contributed by atoms with Crippen LogP contribution < -0.4 is 5.73 Å². The third kappa shape index (κ3) is 2.46. The molecule has 0 heterocycles. The van der Waals surface area contributed by atoms with Crippen LogP contribution in [0.5, 0.6) is 0 Å². The van der Waals surface area contributed by atoms with Crippen molar-refractivity contribution in [3.8, 4) is 0 Å². The number of benzene rings is 1. The molecule has 1 aromatic rings. The van der Waals surface area contributed by atoms with E-state index in [0.717, 1.165) is 5.70 Å². The standard InChI is InChI=1S/C10H13N/c1-8-4-3-5-10(6-8)7-9(2)11/h3-7H,11H2,1-2H3/b9-7+. The fourth-order valence-electron chi connectivity index (χ4n) is 1.02. The fourth-order valence-corrected chi connectivity index (χ4v) is 1.02. The van der Waals surface area contributed by atoms with Crippen molar-refractivity contribution in [2.24, 2.45) is 5.73 Å². The number of hydrogen-bond acceptors (Lipinski definition) is 1. The molecule has 1 aromatic carbocycles. The lowest BCUT2D eigenvalue weighted by Crippen LogP contribution is -1.89. The van der Waals surface area contributed by atoms with E-state index in [1.807, 2.05) is 25.1 Å². The molecule has 0 fully saturated rings. The molecule has 58 valence electrons. The van der Waals surface area contributed by atoms with Crippen molar-refractivity contribution < 1.29 is 0 Å². The first-order chi connectivity index (χ1) is 5.18.